The molecule has 0 aromatic heterocycles. The van der Waals surface area contributed by atoms with Gasteiger partial charge < -0.3 is 15.7 Å². The number of hydrogen-bond donors (Lipinski definition) is 3. The lowest BCUT2D eigenvalue weighted by Crippen LogP contribution is -2.49. The molecule has 0 bridgehead atoms. The van der Waals surface area contributed by atoms with Crippen LogP contribution < -0.4 is 10.6 Å². The standard InChI is InChI=1S/C13H20N2O4S/c16-10(9-7-20-12(19)15-9)14-8-13(11(17)18)5-3-1-2-4-6-13/h9H,1-8H2,(H,14,16)(H,15,19)(H,17,18). The molecule has 0 aromatic rings. The first kappa shape index (κ1) is 15.2. The number of nitrogens with one attached hydrogen (secondary N) is 2. The highest BCUT2D eigenvalue weighted by Crippen LogP contribution is 2.34. The van der Waals surface area contributed by atoms with E-state index in [-0.39, 0.29) is 17.7 Å². The molecule has 1 saturated carbocycles. The van der Waals surface area contributed by atoms with Crippen LogP contribution in [0.15, 0.2) is 0 Å². The molecule has 7 heteroatoms. The fourth-order valence-electron chi connectivity index (χ4n) is 2.78. The van der Waals surface area contributed by atoms with E-state index in [4.69, 9.17) is 0 Å². The second-order valence-corrected chi connectivity index (χ2v) is 6.51. The molecule has 0 spiro atoms. The average Bonchev–Trinajstić information content (AvgIpc) is 2.71. The average molecular weight is 300 g/mol. The zero-order chi connectivity index (χ0) is 14.6. The lowest BCUT2D eigenvalue weighted by Gasteiger charge is -2.28. The van der Waals surface area contributed by atoms with Crippen LogP contribution in [0.1, 0.15) is 38.5 Å². The fourth-order valence-corrected chi connectivity index (χ4v) is 3.56. The highest BCUT2D eigenvalue weighted by atomic mass is 32.2. The lowest BCUT2D eigenvalue weighted by molar-refractivity contribution is -0.149. The monoisotopic (exact) mass is 300 g/mol. The summed E-state index contributed by atoms with van der Waals surface area (Å²) in [4.78, 5) is 34.6. The van der Waals surface area contributed by atoms with E-state index >= 15 is 0 Å². The van der Waals surface area contributed by atoms with Crippen LogP contribution in [-0.4, -0.2) is 40.6 Å². The van der Waals surface area contributed by atoms with Gasteiger partial charge in [-0.1, -0.05) is 37.4 Å². The predicted molar refractivity (Wildman–Crippen MR) is 75.6 cm³/mol. The van der Waals surface area contributed by atoms with Crippen molar-refractivity contribution in [1.29, 1.82) is 0 Å². The van der Waals surface area contributed by atoms with Gasteiger partial charge in [-0.3, -0.25) is 14.4 Å². The first-order chi connectivity index (χ1) is 9.53. The van der Waals surface area contributed by atoms with Gasteiger partial charge in [0, 0.05) is 12.3 Å². The third kappa shape index (κ3) is 3.45. The third-order valence-electron chi connectivity index (χ3n) is 4.11. The number of thioether (sulfide) groups is 1. The largest absolute Gasteiger partial charge is 0.481 e. The van der Waals surface area contributed by atoms with Gasteiger partial charge in [0.05, 0.1) is 5.41 Å². The Morgan fingerprint density at radius 1 is 1.30 bits per heavy atom. The van der Waals surface area contributed by atoms with Crippen LogP contribution >= 0.6 is 11.8 Å². The fraction of sp³-hybridized carbons (Fsp3) is 0.769. The van der Waals surface area contributed by atoms with Gasteiger partial charge >= 0.3 is 5.97 Å². The van der Waals surface area contributed by atoms with Gasteiger partial charge in [0.1, 0.15) is 6.04 Å². The highest BCUT2D eigenvalue weighted by Gasteiger charge is 2.39. The van der Waals surface area contributed by atoms with Crippen LogP contribution in [0.3, 0.4) is 0 Å². The summed E-state index contributed by atoms with van der Waals surface area (Å²) in [7, 11) is 0. The maximum absolute atomic E-state index is 12.0. The molecule has 2 amide bonds. The molecule has 2 fully saturated rings. The number of rotatable bonds is 4. The van der Waals surface area contributed by atoms with E-state index in [1.807, 2.05) is 0 Å². The van der Waals surface area contributed by atoms with Crippen LogP contribution in [-0.2, 0) is 9.59 Å². The van der Waals surface area contributed by atoms with E-state index in [1.54, 1.807) is 0 Å². The number of aliphatic carboxylic acids is 1. The minimum Gasteiger partial charge on any atom is -0.481 e. The van der Waals surface area contributed by atoms with Crippen molar-refractivity contribution in [2.75, 3.05) is 12.3 Å². The first-order valence-corrected chi connectivity index (χ1v) is 7.96. The number of hydrogen-bond acceptors (Lipinski definition) is 4. The van der Waals surface area contributed by atoms with Gasteiger partial charge in [0.15, 0.2) is 0 Å². The molecule has 0 radical (unpaired) electrons. The summed E-state index contributed by atoms with van der Waals surface area (Å²) in [5.74, 6) is -0.706. The van der Waals surface area contributed by atoms with Crippen LogP contribution in [0, 0.1) is 5.41 Å². The summed E-state index contributed by atoms with van der Waals surface area (Å²) in [6, 6.07) is -0.538. The molecule has 0 aromatic carbocycles. The van der Waals surface area contributed by atoms with Crippen molar-refractivity contribution in [3.05, 3.63) is 0 Å². The quantitative estimate of drug-likeness (QED) is 0.681. The van der Waals surface area contributed by atoms with E-state index in [2.05, 4.69) is 10.6 Å². The smallest absolute Gasteiger partial charge is 0.311 e. The lowest BCUT2D eigenvalue weighted by atomic mass is 9.80. The van der Waals surface area contributed by atoms with E-state index in [9.17, 15) is 19.5 Å². The van der Waals surface area contributed by atoms with E-state index in [0.29, 0.717) is 18.6 Å². The molecule has 1 aliphatic carbocycles. The minimum atomic E-state index is -0.845. The molecule has 112 valence electrons. The molecule has 2 aliphatic rings. The molecular weight excluding hydrogens is 280 g/mol. The number of amides is 2. The van der Waals surface area contributed by atoms with Crippen molar-refractivity contribution < 1.29 is 19.5 Å². The van der Waals surface area contributed by atoms with Crippen molar-refractivity contribution in [1.82, 2.24) is 10.6 Å². The van der Waals surface area contributed by atoms with Crippen LogP contribution in [0.4, 0.5) is 4.79 Å². The third-order valence-corrected chi connectivity index (χ3v) is 4.99. The summed E-state index contributed by atoms with van der Waals surface area (Å²) >= 11 is 1.08. The molecule has 1 aliphatic heterocycles. The Balaban J connectivity index is 1.93. The first-order valence-electron chi connectivity index (χ1n) is 6.98. The summed E-state index contributed by atoms with van der Waals surface area (Å²) in [6.07, 6.45) is 5.09. The Morgan fingerprint density at radius 3 is 2.45 bits per heavy atom. The number of carbonyl (C=O) groups is 3. The summed E-state index contributed by atoms with van der Waals surface area (Å²) in [6.45, 7) is 0.151. The molecule has 20 heavy (non-hydrogen) atoms. The molecule has 1 atom stereocenters. The number of carboxylic acid groups (broad SMARTS) is 1. The Bertz CT molecular complexity index is 405. The van der Waals surface area contributed by atoms with Crippen molar-refractivity contribution in [3.63, 3.8) is 0 Å². The van der Waals surface area contributed by atoms with Gasteiger partial charge in [-0.25, -0.2) is 0 Å². The van der Waals surface area contributed by atoms with Crippen molar-refractivity contribution in [2.45, 2.75) is 44.6 Å². The van der Waals surface area contributed by atoms with Crippen LogP contribution in [0.25, 0.3) is 0 Å². The maximum atomic E-state index is 12.0. The van der Waals surface area contributed by atoms with Crippen molar-refractivity contribution in [2.24, 2.45) is 5.41 Å². The van der Waals surface area contributed by atoms with E-state index in [0.717, 1.165) is 37.4 Å². The normalized spacial score (nSPS) is 25.6. The Morgan fingerprint density at radius 2 is 1.95 bits per heavy atom. The molecule has 1 saturated heterocycles. The van der Waals surface area contributed by atoms with Crippen molar-refractivity contribution >= 4 is 28.9 Å². The highest BCUT2D eigenvalue weighted by molar-refractivity contribution is 8.14. The van der Waals surface area contributed by atoms with Gasteiger partial charge in [-0.15, -0.1) is 0 Å². The summed E-state index contributed by atoms with van der Waals surface area (Å²) in [5, 5.41) is 14.6. The summed E-state index contributed by atoms with van der Waals surface area (Å²) < 4.78 is 0. The molecule has 3 N–H and O–H groups in total. The minimum absolute atomic E-state index is 0.151. The Kier molecular flexibility index (Phi) is 4.91. The molecular formula is C13H20N2O4S. The molecule has 1 unspecified atom stereocenters. The molecule has 6 nitrogen and oxygen atoms in total. The van der Waals surface area contributed by atoms with Crippen LogP contribution in [0.2, 0.25) is 0 Å². The molecule has 2 rings (SSSR count). The van der Waals surface area contributed by atoms with Crippen molar-refractivity contribution in [3.8, 4) is 0 Å². The van der Waals surface area contributed by atoms with Gasteiger partial charge in [0.2, 0.25) is 5.91 Å². The zero-order valence-electron chi connectivity index (χ0n) is 11.3. The van der Waals surface area contributed by atoms with Gasteiger partial charge in [0.25, 0.3) is 5.24 Å². The van der Waals surface area contributed by atoms with E-state index in [1.165, 1.54) is 0 Å². The number of carbonyl (C=O) groups excluding carboxylic acids is 2. The maximum Gasteiger partial charge on any atom is 0.311 e. The topological polar surface area (TPSA) is 95.5 Å². The van der Waals surface area contributed by atoms with Gasteiger partial charge in [-0.05, 0) is 12.8 Å². The Hall–Kier alpha value is -1.24. The summed E-state index contributed by atoms with van der Waals surface area (Å²) in [5.41, 5.74) is -0.845. The number of carboxylic acids is 1. The zero-order valence-corrected chi connectivity index (χ0v) is 12.1. The van der Waals surface area contributed by atoms with E-state index < -0.39 is 17.4 Å². The van der Waals surface area contributed by atoms with Crippen LogP contribution in [0.5, 0.6) is 0 Å². The van der Waals surface area contributed by atoms with Gasteiger partial charge in [-0.2, -0.15) is 0 Å². The SMILES string of the molecule is O=C1NC(C(=O)NCC2(C(=O)O)CCCCCC2)CS1. The second-order valence-electron chi connectivity index (χ2n) is 5.51. The predicted octanol–water partition coefficient (Wildman–Crippen LogP) is 1.35. The second kappa shape index (κ2) is 6.47. The molecule has 1 heterocycles. The Labute approximate surface area is 122 Å².